The molecule has 9 aromatic rings. The minimum atomic E-state index is -4.87. The van der Waals surface area contributed by atoms with E-state index >= 15 is 0 Å². The Morgan fingerprint density at radius 1 is 0.450 bits per heavy atom. The molecule has 0 saturated carbocycles. The van der Waals surface area contributed by atoms with Gasteiger partial charge in [-0.1, -0.05) is 30.3 Å². The minimum absolute atomic E-state index is 0.0937. The van der Waals surface area contributed by atoms with E-state index in [1.165, 1.54) is 76.5 Å². The SMILES string of the molecule is CC1=Cc2c(-c3cc4ccccc4c4ccccc34)cc(Cl)cc2[CH]1[Zr]([SiH3])([Cl])([Cl])[CH]1C(C)=Cc2c(-c3cc4ccccc4c4ccccc34)cc(Cl)cc21.[c]1ccccc1. The van der Waals surface area contributed by atoms with E-state index in [0.29, 0.717) is 17.4 Å². The van der Waals surface area contributed by atoms with Crippen LogP contribution in [-0.4, -0.2) is 7.37 Å². The van der Waals surface area contributed by atoms with Gasteiger partial charge in [0, 0.05) is 0 Å². The van der Waals surface area contributed by atoms with Crippen molar-refractivity contribution in [3.05, 3.63) is 213 Å². The molecule has 2 aliphatic rings. The smallest absolute Gasteiger partial charge is 0.0184 e. The Kier molecular flexibility index (Phi) is 10.2. The number of rotatable bonds is 4. The molecular weight excluding hydrogens is 910 g/mol. The van der Waals surface area contributed by atoms with E-state index in [1.54, 1.807) is 0 Å². The van der Waals surface area contributed by atoms with E-state index in [1.807, 2.05) is 30.3 Å². The van der Waals surface area contributed by atoms with Crippen LogP contribution >= 0.6 is 40.2 Å². The van der Waals surface area contributed by atoms with Crippen LogP contribution in [0, 0.1) is 6.07 Å². The van der Waals surface area contributed by atoms with Gasteiger partial charge in [-0.2, -0.15) is 0 Å². The Bertz CT molecular complexity index is 3040. The van der Waals surface area contributed by atoms with E-state index in [2.05, 4.69) is 166 Å². The third-order valence-corrected chi connectivity index (χ3v) is 35.5. The van der Waals surface area contributed by atoms with Gasteiger partial charge in [0.25, 0.3) is 0 Å². The molecule has 0 saturated heterocycles. The summed E-state index contributed by atoms with van der Waals surface area (Å²) in [6.45, 7) is 4.44. The van der Waals surface area contributed by atoms with Gasteiger partial charge >= 0.3 is 339 Å². The minimum Gasteiger partial charge on any atom is -0.0622 e. The molecule has 0 nitrogen and oxygen atoms in total. The summed E-state index contributed by atoms with van der Waals surface area (Å²) < 4.78 is -0.187. The van der Waals surface area contributed by atoms with Gasteiger partial charge in [-0.3, -0.25) is 0 Å². The topological polar surface area (TPSA) is 0 Å². The largest absolute Gasteiger partial charge is 0.0622 e. The predicted octanol–water partition coefficient (Wildman–Crippen LogP) is 16.3. The summed E-state index contributed by atoms with van der Waals surface area (Å²) in [4.78, 5) is 0. The fourth-order valence-electron chi connectivity index (χ4n) is 10.5. The normalized spacial score (nSPS) is 16.5. The van der Waals surface area contributed by atoms with Crippen molar-refractivity contribution in [1.29, 1.82) is 0 Å². The molecule has 11 rings (SSSR count). The van der Waals surface area contributed by atoms with Crippen molar-refractivity contribution in [3.63, 3.8) is 0 Å². The van der Waals surface area contributed by atoms with Gasteiger partial charge in [0.15, 0.2) is 0 Å². The van der Waals surface area contributed by atoms with Crippen molar-refractivity contribution >= 4 is 103 Å². The summed E-state index contributed by atoms with van der Waals surface area (Å²) in [5.74, 6) is 0. The second-order valence-corrected chi connectivity index (χ2v) is 61.6. The molecule has 0 amide bonds. The maximum atomic E-state index is 8.37. The molecule has 0 spiro atoms. The first-order valence-electron chi connectivity index (χ1n) is 20.3. The van der Waals surface area contributed by atoms with Crippen LogP contribution in [0.15, 0.2) is 175 Å². The summed E-state index contributed by atoms with van der Waals surface area (Å²) in [5, 5.41) is 11.1. The van der Waals surface area contributed by atoms with E-state index in [-0.39, 0.29) is 7.25 Å². The van der Waals surface area contributed by atoms with E-state index in [4.69, 9.17) is 40.2 Å². The molecule has 0 N–H and O–H groups in total. The quantitative estimate of drug-likeness (QED) is 0.122. The second-order valence-electron chi connectivity index (χ2n) is 16.6. The average Bonchev–Trinajstić information content (AvgIpc) is 3.79. The van der Waals surface area contributed by atoms with E-state index < -0.39 is 15.6 Å². The zero-order valence-corrected chi connectivity index (χ0v) is 40.9. The first-order chi connectivity index (χ1) is 29.0. The monoisotopic (exact) mass is 946 g/mol. The molecule has 0 bridgehead atoms. The van der Waals surface area contributed by atoms with Crippen molar-refractivity contribution in [2.24, 2.45) is 0 Å². The van der Waals surface area contributed by atoms with Gasteiger partial charge in [0.2, 0.25) is 0 Å². The van der Waals surface area contributed by atoms with Crippen LogP contribution in [0.25, 0.3) is 77.5 Å². The van der Waals surface area contributed by atoms with Crippen LogP contribution in [0.1, 0.15) is 43.4 Å². The Labute approximate surface area is 371 Å². The molecule has 60 heavy (non-hydrogen) atoms. The zero-order chi connectivity index (χ0) is 41.4. The Balaban J connectivity index is 0.000000666. The number of hydrogen-bond donors (Lipinski definition) is 0. The summed E-state index contributed by atoms with van der Waals surface area (Å²) in [6.07, 6.45) is 4.68. The first kappa shape index (κ1) is 39.9. The molecule has 0 heterocycles. The number of fused-ring (bicyclic) bond motifs is 8. The van der Waals surface area contributed by atoms with Gasteiger partial charge in [0.1, 0.15) is 0 Å². The van der Waals surface area contributed by atoms with Crippen LogP contribution in [0.2, 0.25) is 10.0 Å². The molecule has 0 aliphatic heterocycles. The molecule has 292 valence electrons. The molecule has 2 aliphatic carbocycles. The third-order valence-electron chi connectivity index (χ3n) is 12.7. The second kappa shape index (κ2) is 15.3. The molecule has 0 fully saturated rings. The number of benzene rings is 9. The molecule has 2 atom stereocenters. The van der Waals surface area contributed by atoms with E-state index in [0.717, 1.165) is 22.3 Å². The number of halogens is 4. The summed E-state index contributed by atoms with van der Waals surface area (Å²) in [5.41, 5.74) is 11.7. The Morgan fingerprint density at radius 3 is 1.22 bits per heavy atom. The van der Waals surface area contributed by atoms with Crippen LogP contribution in [0.5, 0.6) is 0 Å². The van der Waals surface area contributed by atoms with Crippen LogP contribution in [-0.2, 0) is 15.6 Å². The van der Waals surface area contributed by atoms with Gasteiger partial charge in [-0.15, -0.1) is 0 Å². The van der Waals surface area contributed by atoms with Crippen LogP contribution in [0.4, 0.5) is 0 Å². The van der Waals surface area contributed by atoms with Crippen molar-refractivity contribution in [2.45, 2.75) is 21.1 Å². The summed E-state index contributed by atoms with van der Waals surface area (Å²) >= 11 is 9.37. The Hall–Kier alpha value is -4.24. The molecular formula is C54H40Cl4SiZr. The molecule has 9 aromatic carbocycles. The van der Waals surface area contributed by atoms with Gasteiger partial charge in [-0.05, 0) is 6.07 Å². The molecule has 6 heteroatoms. The van der Waals surface area contributed by atoms with Gasteiger partial charge < -0.3 is 0 Å². The zero-order valence-electron chi connectivity index (χ0n) is 33.4. The maximum absolute atomic E-state index is 8.37. The van der Waals surface area contributed by atoms with Crippen molar-refractivity contribution in [3.8, 4) is 22.3 Å². The van der Waals surface area contributed by atoms with E-state index in [9.17, 15) is 0 Å². The van der Waals surface area contributed by atoms with Gasteiger partial charge in [-0.25, -0.2) is 0 Å². The number of allylic oxidation sites excluding steroid dienone is 2. The van der Waals surface area contributed by atoms with Crippen molar-refractivity contribution in [1.82, 2.24) is 0 Å². The standard InChI is InChI=1S/2C24H16Cl.C6H5.2ClH.H3Si.Zr/c2*1-15-10-17-12-18(25)14-24(22(17)11-15)23-13-16-6-2-3-7-19(16)20-8-4-5-9-21(20)23;1-2-4-6-5-3-1;;;;/h2*2-14H,1H3;1-5H;2*1H;1H3;/q;;;;;;+2/p-2. The maximum Gasteiger partial charge on any atom is -0.0184 e. The van der Waals surface area contributed by atoms with Crippen LogP contribution < -0.4 is 0 Å². The third kappa shape index (κ3) is 6.67. The summed E-state index contributed by atoms with van der Waals surface area (Å²) in [6, 6.07) is 60.2. The molecule has 0 aromatic heterocycles. The van der Waals surface area contributed by atoms with Crippen molar-refractivity contribution < 1.29 is 15.6 Å². The fourth-order valence-corrected chi connectivity index (χ4v) is 38.1. The summed E-state index contributed by atoms with van der Waals surface area (Å²) in [7, 11) is 17.4. The van der Waals surface area contributed by atoms with Gasteiger partial charge in [0.05, 0.1) is 0 Å². The Morgan fingerprint density at radius 2 is 0.833 bits per heavy atom. The van der Waals surface area contributed by atoms with Crippen molar-refractivity contribution in [2.75, 3.05) is 0 Å². The predicted molar refractivity (Wildman–Crippen MR) is 264 cm³/mol. The molecule has 2 unspecified atom stereocenters. The first-order valence-corrected chi connectivity index (χ1v) is 38.6. The average molecular weight is 950 g/mol. The molecule has 1 radical (unpaired) electrons. The number of hydrogen-bond acceptors (Lipinski definition) is 0. The fraction of sp³-hybridized carbons (Fsp3) is 0.0741. The van der Waals surface area contributed by atoms with Crippen LogP contribution in [0.3, 0.4) is 0 Å².